The number of benzene rings is 2. The van der Waals surface area contributed by atoms with E-state index in [-0.39, 0.29) is 41.8 Å². The lowest BCUT2D eigenvalue weighted by Crippen LogP contribution is -2.66. The number of hydrogen-bond acceptors (Lipinski definition) is 4. The second-order valence-electron chi connectivity index (χ2n) is 10.4. The molecule has 2 N–H and O–H groups in total. The van der Waals surface area contributed by atoms with Crippen LogP contribution in [0.15, 0.2) is 54.6 Å². The standard InChI is InChI=1S/C28H34ClN5O3/c1-3-18(2)30-25(35)21-12-13-23-24(15-21)34-27(32(26(23)36)16-19-8-5-4-6-9-19)31-33(28(34)37)17-20-10-7-11-22(29)14-20/h4-11,14,18,21,23-24,27,31H,3,12-13,15-17H2,1-2H3,(H,30,35). The summed E-state index contributed by atoms with van der Waals surface area (Å²) >= 11 is 6.18. The van der Waals surface area contributed by atoms with Gasteiger partial charge in [-0.1, -0.05) is 61.0 Å². The van der Waals surface area contributed by atoms with Gasteiger partial charge in [-0.15, -0.1) is 0 Å². The SMILES string of the molecule is CCC(C)NC(=O)C1CCC2C(=O)N(Cc3ccccc3)C3NN(Cc4cccc(Cl)c4)C(=O)N3C2C1. The third-order valence-electron chi connectivity index (χ3n) is 7.85. The fourth-order valence-corrected chi connectivity index (χ4v) is 5.91. The average molecular weight is 524 g/mol. The molecule has 0 aromatic heterocycles. The molecule has 9 heteroatoms. The summed E-state index contributed by atoms with van der Waals surface area (Å²) in [4.78, 5) is 44.2. The number of rotatable bonds is 7. The number of fused-ring (bicyclic) bond motifs is 3. The van der Waals surface area contributed by atoms with Crippen LogP contribution in [0.2, 0.25) is 5.02 Å². The van der Waals surface area contributed by atoms with E-state index in [2.05, 4.69) is 10.7 Å². The predicted molar refractivity (Wildman–Crippen MR) is 141 cm³/mol. The number of nitrogens with one attached hydrogen (secondary N) is 2. The zero-order valence-corrected chi connectivity index (χ0v) is 22.0. The van der Waals surface area contributed by atoms with Gasteiger partial charge in [-0.2, -0.15) is 5.43 Å². The number of halogens is 1. The van der Waals surface area contributed by atoms with Gasteiger partial charge in [0.15, 0.2) is 6.29 Å². The maximum Gasteiger partial charge on any atom is 0.337 e. The van der Waals surface area contributed by atoms with E-state index in [1.54, 1.807) is 20.9 Å². The summed E-state index contributed by atoms with van der Waals surface area (Å²) in [7, 11) is 0. The van der Waals surface area contributed by atoms with Gasteiger partial charge in [0.25, 0.3) is 0 Å². The highest BCUT2D eigenvalue weighted by atomic mass is 35.5. The summed E-state index contributed by atoms with van der Waals surface area (Å²) in [6.45, 7) is 4.74. The normalized spacial score (nSPS) is 26.1. The molecule has 37 heavy (non-hydrogen) atoms. The van der Waals surface area contributed by atoms with Gasteiger partial charge in [-0.05, 0) is 55.9 Å². The van der Waals surface area contributed by atoms with Crippen molar-refractivity contribution >= 4 is 29.4 Å². The van der Waals surface area contributed by atoms with Crippen molar-refractivity contribution in [2.24, 2.45) is 11.8 Å². The van der Waals surface area contributed by atoms with Crippen molar-refractivity contribution in [3.05, 3.63) is 70.7 Å². The molecule has 5 rings (SSSR count). The first-order valence-corrected chi connectivity index (χ1v) is 13.5. The minimum Gasteiger partial charge on any atom is -0.353 e. The Hall–Kier alpha value is -3.10. The highest BCUT2D eigenvalue weighted by molar-refractivity contribution is 6.30. The summed E-state index contributed by atoms with van der Waals surface area (Å²) < 4.78 is 0. The van der Waals surface area contributed by atoms with Crippen molar-refractivity contribution < 1.29 is 14.4 Å². The monoisotopic (exact) mass is 523 g/mol. The largest absolute Gasteiger partial charge is 0.353 e. The lowest BCUT2D eigenvalue weighted by molar-refractivity contribution is -0.160. The summed E-state index contributed by atoms with van der Waals surface area (Å²) in [5.41, 5.74) is 5.19. The van der Waals surface area contributed by atoms with Crippen LogP contribution in [0.4, 0.5) is 4.79 Å². The van der Waals surface area contributed by atoms with Crippen molar-refractivity contribution in [1.82, 2.24) is 25.6 Å². The second-order valence-corrected chi connectivity index (χ2v) is 10.8. The summed E-state index contributed by atoms with van der Waals surface area (Å²) in [6.07, 6.45) is 1.94. The predicted octanol–water partition coefficient (Wildman–Crippen LogP) is 4.11. The maximum atomic E-state index is 13.8. The molecule has 2 aliphatic heterocycles. The van der Waals surface area contributed by atoms with E-state index in [1.165, 1.54) is 0 Å². The third kappa shape index (κ3) is 5.18. The third-order valence-corrected chi connectivity index (χ3v) is 8.09. The molecule has 5 atom stereocenters. The van der Waals surface area contributed by atoms with E-state index in [4.69, 9.17) is 11.6 Å². The second kappa shape index (κ2) is 10.7. The Labute approximate surface area is 222 Å². The van der Waals surface area contributed by atoms with Crippen molar-refractivity contribution in [2.75, 3.05) is 0 Å². The number of hydrogen-bond donors (Lipinski definition) is 2. The van der Waals surface area contributed by atoms with Crippen molar-refractivity contribution in [2.45, 2.75) is 71.0 Å². The first-order valence-electron chi connectivity index (χ1n) is 13.1. The van der Waals surface area contributed by atoms with Gasteiger partial charge in [0.2, 0.25) is 11.8 Å². The molecule has 0 spiro atoms. The average Bonchev–Trinajstić information content (AvgIpc) is 3.22. The number of nitrogens with zero attached hydrogens (tertiary/aromatic N) is 3. The van der Waals surface area contributed by atoms with E-state index >= 15 is 0 Å². The topological polar surface area (TPSA) is 85.0 Å². The summed E-state index contributed by atoms with van der Waals surface area (Å²) in [6, 6.07) is 16.8. The van der Waals surface area contributed by atoms with Gasteiger partial charge in [0.05, 0.1) is 12.5 Å². The van der Waals surface area contributed by atoms with Gasteiger partial charge in [-0.25, -0.2) is 4.79 Å². The van der Waals surface area contributed by atoms with Gasteiger partial charge >= 0.3 is 6.03 Å². The molecular weight excluding hydrogens is 490 g/mol. The molecule has 0 bridgehead atoms. The van der Waals surface area contributed by atoms with E-state index in [9.17, 15) is 14.4 Å². The molecule has 1 saturated carbocycles. The first-order chi connectivity index (χ1) is 17.9. The van der Waals surface area contributed by atoms with Crippen LogP contribution in [0.25, 0.3) is 0 Å². The van der Waals surface area contributed by atoms with Crippen LogP contribution in [0, 0.1) is 11.8 Å². The minimum absolute atomic E-state index is 0.0129. The molecule has 4 amide bonds. The maximum absolute atomic E-state index is 13.8. The fraction of sp³-hybridized carbons (Fsp3) is 0.464. The molecule has 2 saturated heterocycles. The Bertz CT molecular complexity index is 1160. The molecule has 2 heterocycles. The van der Waals surface area contributed by atoms with Crippen LogP contribution in [0.5, 0.6) is 0 Å². The molecule has 1 aliphatic carbocycles. The van der Waals surface area contributed by atoms with E-state index in [1.807, 2.05) is 62.4 Å². The fourth-order valence-electron chi connectivity index (χ4n) is 5.70. The summed E-state index contributed by atoms with van der Waals surface area (Å²) in [5, 5.41) is 5.25. The molecule has 3 fully saturated rings. The van der Waals surface area contributed by atoms with E-state index in [0.717, 1.165) is 17.5 Å². The van der Waals surface area contributed by atoms with Crippen LogP contribution < -0.4 is 10.7 Å². The lowest BCUT2D eigenvalue weighted by Gasteiger charge is -2.49. The molecule has 8 nitrogen and oxygen atoms in total. The van der Waals surface area contributed by atoms with Gasteiger partial charge < -0.3 is 10.2 Å². The Morgan fingerprint density at radius 2 is 1.84 bits per heavy atom. The van der Waals surface area contributed by atoms with Crippen LogP contribution in [-0.4, -0.2) is 51.0 Å². The molecule has 2 aromatic rings. The molecule has 196 valence electrons. The molecule has 2 aromatic carbocycles. The Morgan fingerprint density at radius 1 is 1.08 bits per heavy atom. The first kappa shape index (κ1) is 25.5. The number of carbonyl (C=O) groups is 3. The van der Waals surface area contributed by atoms with Crippen molar-refractivity contribution in [3.63, 3.8) is 0 Å². The highest BCUT2D eigenvalue weighted by Crippen LogP contribution is 2.41. The van der Waals surface area contributed by atoms with Crippen molar-refractivity contribution in [1.29, 1.82) is 0 Å². The van der Waals surface area contributed by atoms with Crippen LogP contribution in [0.1, 0.15) is 50.7 Å². The summed E-state index contributed by atoms with van der Waals surface area (Å²) in [5.74, 6) is -0.511. The van der Waals surface area contributed by atoms with E-state index < -0.39 is 6.29 Å². The van der Waals surface area contributed by atoms with E-state index in [0.29, 0.717) is 37.4 Å². The minimum atomic E-state index is -0.614. The van der Waals surface area contributed by atoms with Gasteiger partial charge in [0, 0.05) is 29.6 Å². The zero-order chi connectivity index (χ0) is 26.1. The molecule has 0 radical (unpaired) electrons. The number of carbonyl (C=O) groups excluding carboxylic acids is 3. The van der Waals surface area contributed by atoms with Crippen LogP contribution >= 0.6 is 11.6 Å². The van der Waals surface area contributed by atoms with Crippen LogP contribution in [-0.2, 0) is 22.7 Å². The lowest BCUT2D eigenvalue weighted by atomic mass is 9.75. The van der Waals surface area contributed by atoms with Gasteiger partial charge in [-0.3, -0.25) is 19.5 Å². The molecular formula is C28H34ClN5O3. The molecule has 5 unspecified atom stereocenters. The van der Waals surface area contributed by atoms with Gasteiger partial charge in [0.1, 0.15) is 0 Å². The Kier molecular flexibility index (Phi) is 7.40. The Balaban J connectivity index is 1.42. The zero-order valence-electron chi connectivity index (χ0n) is 21.3. The van der Waals surface area contributed by atoms with Crippen LogP contribution in [0.3, 0.4) is 0 Å². The smallest absolute Gasteiger partial charge is 0.337 e. The highest BCUT2D eigenvalue weighted by Gasteiger charge is 2.56. The Morgan fingerprint density at radius 3 is 2.57 bits per heavy atom. The number of urea groups is 1. The quantitative estimate of drug-likeness (QED) is 0.572. The van der Waals surface area contributed by atoms with Crippen molar-refractivity contribution in [3.8, 4) is 0 Å². The number of amides is 4. The number of hydrazine groups is 1. The molecule has 3 aliphatic rings.